The lowest BCUT2D eigenvalue weighted by molar-refractivity contribution is 0.0951. The van der Waals surface area contributed by atoms with E-state index < -0.39 is 0 Å². The van der Waals surface area contributed by atoms with E-state index in [0.29, 0.717) is 12.1 Å². The summed E-state index contributed by atoms with van der Waals surface area (Å²) in [5.41, 5.74) is 3.24. The zero-order valence-electron chi connectivity index (χ0n) is 14.0. The number of carbonyl (C=O) groups excluding carboxylic acids is 1. The van der Waals surface area contributed by atoms with E-state index in [0.717, 1.165) is 22.7 Å². The summed E-state index contributed by atoms with van der Waals surface area (Å²) in [4.78, 5) is 12.6. The summed E-state index contributed by atoms with van der Waals surface area (Å²) in [6.07, 6.45) is 0. The van der Waals surface area contributed by atoms with Gasteiger partial charge in [0.25, 0.3) is 5.91 Å². The van der Waals surface area contributed by atoms with Gasteiger partial charge in [0.2, 0.25) is 0 Å². The summed E-state index contributed by atoms with van der Waals surface area (Å²) in [6, 6.07) is 24.9. The SMILES string of the molecule is COc1ccccc1CNC(=O)c1ccccc1Nc1ccccc1. The van der Waals surface area contributed by atoms with Crippen LogP contribution < -0.4 is 15.4 Å². The number of carbonyl (C=O) groups is 1. The van der Waals surface area contributed by atoms with E-state index in [9.17, 15) is 4.79 Å². The molecule has 3 aromatic carbocycles. The Morgan fingerprint density at radius 3 is 2.36 bits per heavy atom. The Balaban J connectivity index is 1.74. The predicted octanol–water partition coefficient (Wildman–Crippen LogP) is 4.37. The van der Waals surface area contributed by atoms with Gasteiger partial charge in [-0.1, -0.05) is 48.5 Å². The van der Waals surface area contributed by atoms with Crippen molar-refractivity contribution in [3.8, 4) is 5.75 Å². The second kappa shape index (κ2) is 8.02. The van der Waals surface area contributed by atoms with Crippen molar-refractivity contribution in [2.75, 3.05) is 12.4 Å². The van der Waals surface area contributed by atoms with Crippen molar-refractivity contribution in [1.29, 1.82) is 0 Å². The first kappa shape index (κ1) is 16.6. The molecule has 4 heteroatoms. The highest BCUT2D eigenvalue weighted by Gasteiger charge is 2.12. The Morgan fingerprint density at radius 2 is 1.56 bits per heavy atom. The van der Waals surface area contributed by atoms with Gasteiger partial charge in [-0.15, -0.1) is 0 Å². The van der Waals surface area contributed by atoms with Gasteiger partial charge in [0.05, 0.1) is 18.4 Å². The van der Waals surface area contributed by atoms with Crippen LogP contribution in [0.4, 0.5) is 11.4 Å². The van der Waals surface area contributed by atoms with Crippen molar-refractivity contribution in [3.05, 3.63) is 90.0 Å². The van der Waals surface area contributed by atoms with Gasteiger partial charge in [-0.05, 0) is 30.3 Å². The van der Waals surface area contributed by atoms with E-state index in [1.165, 1.54) is 0 Å². The van der Waals surface area contributed by atoms with Gasteiger partial charge in [0.1, 0.15) is 5.75 Å². The van der Waals surface area contributed by atoms with Crippen LogP contribution in [0.3, 0.4) is 0 Å². The number of hydrogen-bond donors (Lipinski definition) is 2. The smallest absolute Gasteiger partial charge is 0.253 e. The first-order valence-corrected chi connectivity index (χ1v) is 8.09. The molecule has 2 N–H and O–H groups in total. The molecule has 0 saturated heterocycles. The minimum absolute atomic E-state index is 0.134. The van der Waals surface area contributed by atoms with E-state index >= 15 is 0 Å². The highest BCUT2D eigenvalue weighted by Crippen LogP contribution is 2.21. The molecule has 126 valence electrons. The average Bonchev–Trinajstić information content (AvgIpc) is 2.67. The molecule has 0 heterocycles. The van der Waals surface area contributed by atoms with Crippen molar-refractivity contribution >= 4 is 17.3 Å². The van der Waals surface area contributed by atoms with Gasteiger partial charge in [-0.25, -0.2) is 0 Å². The van der Waals surface area contributed by atoms with E-state index in [4.69, 9.17) is 4.74 Å². The first-order valence-electron chi connectivity index (χ1n) is 8.09. The third-order valence-electron chi connectivity index (χ3n) is 3.86. The maximum Gasteiger partial charge on any atom is 0.253 e. The maximum atomic E-state index is 12.6. The largest absolute Gasteiger partial charge is 0.496 e. The first-order chi connectivity index (χ1) is 12.3. The molecule has 4 nitrogen and oxygen atoms in total. The van der Waals surface area contributed by atoms with E-state index in [2.05, 4.69) is 10.6 Å². The average molecular weight is 332 g/mol. The van der Waals surface area contributed by atoms with Crippen LogP contribution in [0.1, 0.15) is 15.9 Å². The number of anilines is 2. The number of ether oxygens (including phenoxy) is 1. The molecule has 25 heavy (non-hydrogen) atoms. The molecular weight excluding hydrogens is 312 g/mol. The zero-order valence-corrected chi connectivity index (χ0v) is 14.0. The molecule has 1 amide bonds. The molecular formula is C21H20N2O2. The monoisotopic (exact) mass is 332 g/mol. The Hall–Kier alpha value is -3.27. The van der Waals surface area contributed by atoms with Crippen molar-refractivity contribution in [2.24, 2.45) is 0 Å². The van der Waals surface area contributed by atoms with Crippen LogP contribution >= 0.6 is 0 Å². The topological polar surface area (TPSA) is 50.4 Å². The van der Waals surface area contributed by atoms with E-state index in [1.807, 2.05) is 78.9 Å². The van der Waals surface area contributed by atoms with Crippen LogP contribution in [-0.2, 0) is 6.54 Å². The number of rotatable bonds is 6. The van der Waals surface area contributed by atoms with E-state index in [1.54, 1.807) is 7.11 Å². The number of methoxy groups -OCH3 is 1. The van der Waals surface area contributed by atoms with Crippen LogP contribution in [0.15, 0.2) is 78.9 Å². The molecule has 0 atom stereocenters. The standard InChI is InChI=1S/C21H20N2O2/c1-25-20-14-8-5-9-16(20)15-22-21(24)18-12-6-7-13-19(18)23-17-10-3-2-4-11-17/h2-14,23H,15H2,1H3,(H,22,24). The van der Waals surface area contributed by atoms with Crippen molar-refractivity contribution < 1.29 is 9.53 Å². The quantitative estimate of drug-likeness (QED) is 0.705. The highest BCUT2D eigenvalue weighted by atomic mass is 16.5. The predicted molar refractivity (Wildman–Crippen MR) is 100 cm³/mol. The number of benzene rings is 3. The number of para-hydroxylation sites is 3. The van der Waals surface area contributed by atoms with Crippen LogP contribution in [-0.4, -0.2) is 13.0 Å². The lowest BCUT2D eigenvalue weighted by Crippen LogP contribution is -2.23. The van der Waals surface area contributed by atoms with Gasteiger partial charge < -0.3 is 15.4 Å². The summed E-state index contributed by atoms with van der Waals surface area (Å²) < 4.78 is 5.32. The normalized spacial score (nSPS) is 10.1. The van der Waals surface area contributed by atoms with Gasteiger partial charge in [-0.2, -0.15) is 0 Å². The fraction of sp³-hybridized carbons (Fsp3) is 0.0952. The molecule has 0 spiro atoms. The fourth-order valence-electron chi connectivity index (χ4n) is 2.59. The van der Waals surface area contributed by atoms with Crippen LogP contribution in [0.5, 0.6) is 5.75 Å². The summed E-state index contributed by atoms with van der Waals surface area (Å²) in [5.74, 6) is 0.628. The second-order valence-corrected chi connectivity index (χ2v) is 5.53. The Kier molecular flexibility index (Phi) is 5.32. The number of amides is 1. The molecule has 0 aliphatic heterocycles. The van der Waals surface area contributed by atoms with Gasteiger partial charge in [0.15, 0.2) is 0 Å². The third kappa shape index (κ3) is 4.18. The van der Waals surface area contributed by atoms with Crippen molar-refractivity contribution in [1.82, 2.24) is 5.32 Å². The van der Waals surface area contributed by atoms with Crippen molar-refractivity contribution in [3.63, 3.8) is 0 Å². The molecule has 0 aliphatic carbocycles. The molecule has 0 bridgehead atoms. The molecule has 3 aromatic rings. The molecule has 0 unspecified atom stereocenters. The maximum absolute atomic E-state index is 12.6. The van der Waals surface area contributed by atoms with Crippen LogP contribution in [0.25, 0.3) is 0 Å². The van der Waals surface area contributed by atoms with Gasteiger partial charge in [0, 0.05) is 17.8 Å². The number of nitrogens with one attached hydrogen (secondary N) is 2. The minimum Gasteiger partial charge on any atom is -0.496 e. The summed E-state index contributed by atoms with van der Waals surface area (Å²) in [7, 11) is 1.62. The molecule has 0 aliphatic rings. The molecule has 3 rings (SSSR count). The molecule has 0 radical (unpaired) electrons. The summed E-state index contributed by atoms with van der Waals surface area (Å²) in [5, 5.41) is 6.25. The van der Waals surface area contributed by atoms with Crippen LogP contribution in [0, 0.1) is 0 Å². The Labute approximate surface area is 147 Å². The lowest BCUT2D eigenvalue weighted by atomic mass is 10.1. The molecule has 0 saturated carbocycles. The van der Waals surface area contributed by atoms with E-state index in [-0.39, 0.29) is 5.91 Å². The lowest BCUT2D eigenvalue weighted by Gasteiger charge is -2.13. The third-order valence-corrected chi connectivity index (χ3v) is 3.86. The van der Waals surface area contributed by atoms with Crippen LogP contribution in [0.2, 0.25) is 0 Å². The fourth-order valence-corrected chi connectivity index (χ4v) is 2.59. The molecule has 0 fully saturated rings. The summed E-state index contributed by atoms with van der Waals surface area (Å²) in [6.45, 7) is 0.405. The minimum atomic E-state index is -0.134. The summed E-state index contributed by atoms with van der Waals surface area (Å²) >= 11 is 0. The second-order valence-electron chi connectivity index (χ2n) is 5.53. The Morgan fingerprint density at radius 1 is 0.880 bits per heavy atom. The van der Waals surface area contributed by atoms with Crippen molar-refractivity contribution in [2.45, 2.75) is 6.54 Å². The Bertz CT molecular complexity index is 847. The number of hydrogen-bond acceptors (Lipinski definition) is 3. The molecule has 0 aromatic heterocycles. The van der Waals surface area contributed by atoms with Gasteiger partial charge in [-0.3, -0.25) is 4.79 Å². The van der Waals surface area contributed by atoms with Gasteiger partial charge >= 0.3 is 0 Å². The highest BCUT2D eigenvalue weighted by molar-refractivity contribution is 6.00. The zero-order chi connectivity index (χ0) is 17.5.